The van der Waals surface area contributed by atoms with E-state index in [0.29, 0.717) is 24.7 Å². The van der Waals surface area contributed by atoms with Gasteiger partial charge in [-0.25, -0.2) is 4.79 Å². The van der Waals surface area contributed by atoms with Crippen molar-refractivity contribution in [2.75, 3.05) is 7.11 Å². The average molecular weight is 358 g/mol. The predicted molar refractivity (Wildman–Crippen MR) is 98.2 cm³/mol. The summed E-state index contributed by atoms with van der Waals surface area (Å²) in [6.45, 7) is 6.52. The summed E-state index contributed by atoms with van der Waals surface area (Å²) in [4.78, 5) is 24.4. The van der Waals surface area contributed by atoms with Gasteiger partial charge in [0.25, 0.3) is 0 Å². The lowest BCUT2D eigenvalue weighted by atomic mass is 9.47. The predicted octanol–water partition coefficient (Wildman–Crippen LogP) is 3.59. The fraction of sp³-hybridized carbons (Fsp3) is 0.727. The van der Waals surface area contributed by atoms with Gasteiger partial charge in [-0.3, -0.25) is 4.79 Å². The summed E-state index contributed by atoms with van der Waals surface area (Å²) in [5, 5.41) is 11.3. The van der Waals surface area contributed by atoms with E-state index < -0.39 is 17.0 Å². The number of methoxy groups -OCH3 is 1. The Balaban J connectivity index is 1.78. The second-order valence-corrected chi connectivity index (χ2v) is 9.43. The second kappa shape index (κ2) is 5.54. The summed E-state index contributed by atoms with van der Waals surface area (Å²) in [6.07, 6.45) is 8.88. The summed E-state index contributed by atoms with van der Waals surface area (Å²) >= 11 is 0. The summed E-state index contributed by atoms with van der Waals surface area (Å²) in [7, 11) is 1.37. The van der Waals surface area contributed by atoms with Crippen LogP contribution in [-0.4, -0.2) is 29.6 Å². The van der Waals surface area contributed by atoms with Crippen LogP contribution in [0.15, 0.2) is 23.3 Å². The lowest BCUT2D eigenvalue weighted by molar-refractivity contribution is -0.182. The van der Waals surface area contributed by atoms with Crippen LogP contribution in [0, 0.1) is 28.6 Å². The van der Waals surface area contributed by atoms with Gasteiger partial charge in [0.2, 0.25) is 0 Å². The molecule has 0 aromatic heterocycles. The molecule has 0 amide bonds. The van der Waals surface area contributed by atoms with E-state index in [2.05, 4.69) is 26.8 Å². The fourth-order valence-electron chi connectivity index (χ4n) is 6.94. The molecule has 2 fully saturated rings. The van der Waals surface area contributed by atoms with Crippen molar-refractivity contribution in [3.63, 3.8) is 0 Å². The van der Waals surface area contributed by atoms with Crippen LogP contribution in [-0.2, 0) is 14.3 Å². The van der Waals surface area contributed by atoms with Gasteiger partial charge in [0.1, 0.15) is 0 Å². The minimum atomic E-state index is -1.38. The Bertz CT molecular complexity index is 734. The highest BCUT2D eigenvalue weighted by atomic mass is 16.5. The van der Waals surface area contributed by atoms with Crippen LogP contribution >= 0.6 is 0 Å². The van der Waals surface area contributed by atoms with Crippen molar-refractivity contribution in [2.24, 2.45) is 28.6 Å². The van der Waals surface area contributed by atoms with Crippen LogP contribution in [0.5, 0.6) is 0 Å². The Labute approximate surface area is 155 Å². The highest BCUT2D eigenvalue weighted by Crippen LogP contribution is 2.67. The maximum atomic E-state index is 12.4. The van der Waals surface area contributed by atoms with Crippen LogP contribution in [0.2, 0.25) is 0 Å². The van der Waals surface area contributed by atoms with Crippen molar-refractivity contribution in [1.29, 1.82) is 0 Å². The molecule has 0 aromatic rings. The lowest BCUT2D eigenvalue weighted by Crippen LogP contribution is -2.57. The highest BCUT2D eigenvalue weighted by molar-refractivity contribution is 5.92. The van der Waals surface area contributed by atoms with E-state index in [0.717, 1.165) is 25.7 Å². The van der Waals surface area contributed by atoms with Crippen molar-refractivity contribution in [2.45, 2.75) is 64.9 Å². The van der Waals surface area contributed by atoms with Crippen molar-refractivity contribution in [1.82, 2.24) is 0 Å². The van der Waals surface area contributed by atoms with E-state index in [9.17, 15) is 14.7 Å². The Kier molecular flexibility index (Phi) is 3.83. The summed E-state index contributed by atoms with van der Waals surface area (Å²) in [5.41, 5.74) is 0.642. The molecule has 4 heteroatoms. The topological polar surface area (TPSA) is 63.6 Å². The van der Waals surface area contributed by atoms with E-state index in [1.54, 1.807) is 0 Å². The number of allylic oxidation sites excluding steroid dienone is 4. The van der Waals surface area contributed by atoms with Crippen LogP contribution in [0.1, 0.15) is 59.3 Å². The van der Waals surface area contributed by atoms with Gasteiger partial charge in [-0.15, -0.1) is 0 Å². The van der Waals surface area contributed by atoms with Gasteiger partial charge in [-0.05, 0) is 73.8 Å². The molecule has 3 unspecified atom stereocenters. The molecular formula is C22H30O4. The Morgan fingerprint density at radius 3 is 2.58 bits per heavy atom. The van der Waals surface area contributed by atoms with E-state index in [1.807, 2.05) is 6.08 Å². The second-order valence-electron chi connectivity index (χ2n) is 9.43. The molecule has 0 aliphatic heterocycles. The molecule has 0 saturated heterocycles. The summed E-state index contributed by atoms with van der Waals surface area (Å²) in [6, 6.07) is 0. The smallest absolute Gasteiger partial charge is 0.338 e. The van der Waals surface area contributed by atoms with Gasteiger partial charge in [0, 0.05) is 11.8 Å². The molecule has 4 aliphatic rings. The number of hydrogen-bond donors (Lipinski definition) is 1. The molecule has 4 nitrogen and oxygen atoms in total. The van der Waals surface area contributed by atoms with Gasteiger partial charge >= 0.3 is 5.97 Å². The molecule has 0 aromatic carbocycles. The lowest BCUT2D eigenvalue weighted by Gasteiger charge is -2.57. The average Bonchev–Trinajstić information content (AvgIpc) is 2.88. The van der Waals surface area contributed by atoms with Crippen LogP contribution in [0.3, 0.4) is 0 Å². The Morgan fingerprint density at radius 2 is 1.88 bits per heavy atom. The third kappa shape index (κ3) is 2.05. The minimum absolute atomic E-state index is 0.0325. The summed E-state index contributed by atoms with van der Waals surface area (Å²) < 4.78 is 4.98. The Morgan fingerprint density at radius 1 is 1.19 bits per heavy atom. The molecule has 142 valence electrons. The van der Waals surface area contributed by atoms with Crippen LogP contribution < -0.4 is 0 Å². The Hall–Kier alpha value is -1.42. The maximum Gasteiger partial charge on any atom is 0.338 e. The monoisotopic (exact) mass is 358 g/mol. The molecule has 0 radical (unpaired) electrons. The van der Waals surface area contributed by atoms with Crippen molar-refractivity contribution >= 4 is 11.8 Å². The largest absolute Gasteiger partial charge is 0.467 e. The zero-order valence-electron chi connectivity index (χ0n) is 16.3. The number of rotatable bonds is 1. The van der Waals surface area contributed by atoms with Crippen molar-refractivity contribution < 1.29 is 19.4 Å². The first-order chi connectivity index (χ1) is 12.2. The number of ether oxygens (including phenoxy) is 1. The molecule has 0 spiro atoms. The SMILES string of the molecule is COC(=O)[C@@]1(O)CCC2C3C=C(C)C4=CC(=O)CC[C@]4(C)C3CC[C@@]21C. The third-order valence-corrected chi connectivity index (χ3v) is 8.50. The molecular weight excluding hydrogens is 328 g/mol. The first-order valence-electron chi connectivity index (χ1n) is 9.92. The van der Waals surface area contributed by atoms with Gasteiger partial charge in [-0.1, -0.05) is 25.5 Å². The first kappa shape index (κ1) is 18.0. The minimum Gasteiger partial charge on any atom is -0.467 e. The number of fused-ring (bicyclic) bond motifs is 5. The maximum absolute atomic E-state index is 12.4. The molecule has 0 heterocycles. The normalized spacial score (nSPS) is 47.3. The number of hydrogen-bond acceptors (Lipinski definition) is 4. The zero-order valence-corrected chi connectivity index (χ0v) is 16.3. The van der Waals surface area contributed by atoms with E-state index >= 15 is 0 Å². The molecule has 4 rings (SSSR count). The van der Waals surface area contributed by atoms with Crippen LogP contribution in [0.25, 0.3) is 0 Å². The van der Waals surface area contributed by atoms with Gasteiger partial charge < -0.3 is 9.84 Å². The van der Waals surface area contributed by atoms with E-state index in [1.165, 1.54) is 18.3 Å². The first-order valence-corrected chi connectivity index (χ1v) is 9.92. The van der Waals surface area contributed by atoms with E-state index in [4.69, 9.17) is 4.74 Å². The third-order valence-electron chi connectivity index (χ3n) is 8.50. The van der Waals surface area contributed by atoms with Crippen molar-refractivity contribution in [3.8, 4) is 0 Å². The highest BCUT2D eigenvalue weighted by Gasteiger charge is 2.66. The van der Waals surface area contributed by atoms with Crippen LogP contribution in [0.4, 0.5) is 0 Å². The zero-order chi connectivity index (χ0) is 18.9. The number of aliphatic hydroxyl groups is 1. The fourth-order valence-corrected chi connectivity index (χ4v) is 6.94. The standard InChI is InChI=1S/C22H30O4/c1-13-11-15-16(20(2)8-5-14(23)12-18(13)20)6-9-21(3)17(15)7-10-22(21,25)19(24)26-4/h11-12,15-17,25H,5-10H2,1-4H3/t15?,16?,17?,20-,21+,22+/m1/s1. The van der Waals surface area contributed by atoms with E-state index in [-0.39, 0.29) is 17.1 Å². The molecule has 1 N–H and O–H groups in total. The molecule has 26 heavy (non-hydrogen) atoms. The number of carbonyl (C=O) groups excluding carboxylic acids is 2. The molecule has 6 atom stereocenters. The van der Waals surface area contributed by atoms with Gasteiger partial charge in [0.05, 0.1) is 7.11 Å². The molecule has 4 aliphatic carbocycles. The number of esters is 1. The summed E-state index contributed by atoms with van der Waals surface area (Å²) in [5.74, 6) is 0.862. The van der Waals surface area contributed by atoms with Crippen molar-refractivity contribution in [3.05, 3.63) is 23.3 Å². The quantitative estimate of drug-likeness (QED) is 0.728. The van der Waals surface area contributed by atoms with Gasteiger partial charge in [-0.2, -0.15) is 0 Å². The van der Waals surface area contributed by atoms with Gasteiger partial charge in [0.15, 0.2) is 11.4 Å². The molecule has 0 bridgehead atoms. The number of ketones is 1. The molecule has 2 saturated carbocycles. The number of carbonyl (C=O) groups is 2.